The first-order valence-corrected chi connectivity index (χ1v) is 12.7. The molecule has 0 spiro atoms. The van der Waals surface area contributed by atoms with Gasteiger partial charge in [0.1, 0.15) is 0 Å². The Morgan fingerprint density at radius 1 is 0.455 bits per heavy atom. The lowest BCUT2D eigenvalue weighted by molar-refractivity contribution is -0.538. The van der Waals surface area contributed by atoms with E-state index in [1.165, 1.54) is 0 Å². The van der Waals surface area contributed by atoms with E-state index in [9.17, 15) is 61.5 Å². The molecule has 0 saturated carbocycles. The molecule has 4 atom stereocenters. The second kappa shape index (κ2) is 12.4. The van der Waals surface area contributed by atoms with Crippen molar-refractivity contribution in [3.05, 3.63) is 0 Å². The molecule has 4 nitrogen and oxygen atoms in total. The maximum Gasteiger partial charge on any atom is 0.455 e. The smallest absolute Gasteiger partial charge is 0.327 e. The van der Waals surface area contributed by atoms with E-state index in [0.717, 1.165) is 27.7 Å². The molecule has 266 valence electrons. The molecule has 0 aliphatic rings. The first kappa shape index (κ1) is 42.7. The van der Waals surface area contributed by atoms with Crippen LogP contribution in [-0.4, -0.2) is 59.7 Å². The summed E-state index contributed by atoms with van der Waals surface area (Å²) in [5.74, 6) is -17.9. The molecule has 0 aromatic rings. The van der Waals surface area contributed by atoms with Gasteiger partial charge in [-0.15, -0.1) is 0 Å². The van der Waals surface area contributed by atoms with Crippen molar-refractivity contribution in [3.8, 4) is 0 Å². The van der Waals surface area contributed by atoms with Gasteiger partial charge in [-0.05, 0) is 40.0 Å². The van der Waals surface area contributed by atoms with Crippen LogP contribution in [0.15, 0.2) is 0 Å². The first-order chi connectivity index (χ1) is 18.9. The minimum Gasteiger partial charge on any atom is -0.327 e. The summed E-state index contributed by atoms with van der Waals surface area (Å²) in [6.45, 7) is 4.76. The fourth-order valence-electron chi connectivity index (χ4n) is 3.07. The molecular weight excluding hydrogens is 656 g/mol. The fraction of sp³-hybridized carbons (Fsp3) is 1.00. The van der Waals surface area contributed by atoms with Crippen LogP contribution < -0.4 is 0 Å². The normalized spacial score (nSPS) is 20.1. The highest BCUT2D eigenvalue weighted by atomic mass is 19.4. The Bertz CT molecular complexity index is 965. The van der Waals surface area contributed by atoms with Crippen molar-refractivity contribution < 1.29 is 89.2 Å². The highest BCUT2D eigenvalue weighted by Crippen LogP contribution is 2.59. The summed E-state index contributed by atoms with van der Waals surface area (Å²) in [6, 6.07) is 0. The molecule has 0 rings (SSSR count). The van der Waals surface area contributed by atoms with Crippen LogP contribution in [0.5, 0.6) is 0 Å². The average molecular weight is 691 g/mol. The molecule has 0 amide bonds. The number of ether oxygens (including phenoxy) is 4. The maximum absolute atomic E-state index is 15.6. The minimum atomic E-state index is -7.38. The Morgan fingerprint density at radius 3 is 1.14 bits per heavy atom. The molecule has 0 saturated heterocycles. The van der Waals surface area contributed by atoms with Crippen LogP contribution in [0.2, 0.25) is 0 Å². The zero-order valence-electron chi connectivity index (χ0n) is 24.9. The summed E-state index contributed by atoms with van der Waals surface area (Å²) < 4.78 is 243. The molecule has 4 unspecified atom stereocenters. The van der Waals surface area contributed by atoms with E-state index in [2.05, 4.69) is 18.9 Å². The predicted molar refractivity (Wildman–Crippen MR) is 120 cm³/mol. The molecule has 0 radical (unpaired) electrons. The largest absolute Gasteiger partial charge is 0.455 e. The summed E-state index contributed by atoms with van der Waals surface area (Å²) in [4.78, 5) is 0. The SMILES string of the molecule is CCC(C)(C)OC(F)(F)C(F)(F)OC(F)(F)C(C)C(C)(CC)OC(F)(C(F)(F)F)C(F)(OC(F)(F)C(C)(C)CC)C(F)(F)F. The van der Waals surface area contributed by atoms with Gasteiger partial charge in [-0.1, -0.05) is 41.5 Å². The molecule has 0 N–H and O–H groups in total. The van der Waals surface area contributed by atoms with Gasteiger partial charge in [0.15, 0.2) is 0 Å². The maximum atomic E-state index is 15.6. The van der Waals surface area contributed by atoms with Crippen LogP contribution in [0.3, 0.4) is 0 Å². The second-order valence-electron chi connectivity index (χ2n) is 11.4. The minimum absolute atomic E-state index is 0.0904. The van der Waals surface area contributed by atoms with Gasteiger partial charge < -0.3 is 9.47 Å². The van der Waals surface area contributed by atoms with E-state index < -0.39 is 90.3 Å². The standard InChI is InChI=1S/C24H34F16O4/c1-10-14(5,6)22(35,36)44-19(28,21(32,33)34)18(27,20(29,30)31)42-16(9,12-3)13(4)17(25,26)43-24(39,40)23(37,38)41-15(7,8)11-2/h13H,10-12H2,1-9H3. The summed E-state index contributed by atoms with van der Waals surface area (Å²) in [7, 11) is 0. The third kappa shape index (κ3) is 8.16. The van der Waals surface area contributed by atoms with Crippen molar-refractivity contribution in [1.82, 2.24) is 0 Å². The predicted octanol–water partition coefficient (Wildman–Crippen LogP) is 10.3. The second-order valence-corrected chi connectivity index (χ2v) is 11.4. The zero-order chi connectivity index (χ0) is 36.0. The molecule has 20 heteroatoms. The number of alkyl halides is 16. The van der Waals surface area contributed by atoms with E-state index in [1.54, 1.807) is 0 Å². The lowest BCUT2D eigenvalue weighted by atomic mass is 9.85. The van der Waals surface area contributed by atoms with Crippen molar-refractivity contribution in [2.24, 2.45) is 11.3 Å². The lowest BCUT2D eigenvalue weighted by Crippen LogP contribution is -2.72. The van der Waals surface area contributed by atoms with Crippen LogP contribution in [0.1, 0.15) is 81.6 Å². The molecule has 0 aliphatic heterocycles. The van der Waals surface area contributed by atoms with Crippen LogP contribution in [0, 0.1) is 11.3 Å². The highest BCUT2D eigenvalue weighted by molar-refractivity contribution is 5.03. The number of rotatable bonds is 16. The van der Waals surface area contributed by atoms with Gasteiger partial charge in [0.05, 0.1) is 22.5 Å². The molecular formula is C24H34F16O4. The van der Waals surface area contributed by atoms with Crippen LogP contribution >= 0.6 is 0 Å². The summed E-state index contributed by atoms with van der Waals surface area (Å²) in [5, 5.41) is 0. The van der Waals surface area contributed by atoms with Crippen molar-refractivity contribution in [2.75, 3.05) is 0 Å². The molecule has 0 bridgehead atoms. The highest BCUT2D eigenvalue weighted by Gasteiger charge is 2.86. The van der Waals surface area contributed by atoms with Gasteiger partial charge >= 0.3 is 48.5 Å². The Balaban J connectivity index is 7.09. The van der Waals surface area contributed by atoms with Crippen LogP contribution in [0.4, 0.5) is 70.2 Å². The monoisotopic (exact) mass is 690 g/mol. The molecule has 0 aliphatic carbocycles. The number of hydrogen-bond donors (Lipinski definition) is 0. The van der Waals surface area contributed by atoms with E-state index in [1.807, 2.05) is 0 Å². The third-order valence-corrected chi connectivity index (χ3v) is 7.44. The van der Waals surface area contributed by atoms with Crippen LogP contribution in [0.25, 0.3) is 0 Å². The van der Waals surface area contributed by atoms with Gasteiger partial charge in [-0.3, -0.25) is 4.74 Å². The Morgan fingerprint density at radius 2 is 0.818 bits per heavy atom. The average Bonchev–Trinajstić information content (AvgIpc) is 2.79. The van der Waals surface area contributed by atoms with Gasteiger partial charge in [-0.25, -0.2) is 4.74 Å². The van der Waals surface area contributed by atoms with E-state index >= 15 is 8.78 Å². The third-order valence-electron chi connectivity index (χ3n) is 7.44. The Labute approximate surface area is 242 Å². The molecule has 0 heterocycles. The summed E-state index contributed by atoms with van der Waals surface area (Å²) in [6.07, 6.45) is -41.1. The number of hydrogen-bond acceptors (Lipinski definition) is 4. The van der Waals surface area contributed by atoms with E-state index in [0.29, 0.717) is 20.8 Å². The molecule has 0 aromatic heterocycles. The van der Waals surface area contributed by atoms with Gasteiger partial charge in [-0.2, -0.15) is 70.2 Å². The Hall–Kier alpha value is -1.28. The lowest BCUT2D eigenvalue weighted by Gasteiger charge is -2.49. The molecule has 0 aromatic carbocycles. The van der Waals surface area contributed by atoms with E-state index in [-0.39, 0.29) is 13.8 Å². The van der Waals surface area contributed by atoms with Gasteiger partial charge in [0, 0.05) is 0 Å². The first-order valence-electron chi connectivity index (χ1n) is 12.7. The summed E-state index contributed by atoms with van der Waals surface area (Å²) >= 11 is 0. The zero-order valence-corrected chi connectivity index (χ0v) is 24.9. The van der Waals surface area contributed by atoms with Crippen molar-refractivity contribution in [1.29, 1.82) is 0 Å². The molecule has 0 fully saturated rings. The quantitative estimate of drug-likeness (QED) is 0.151. The van der Waals surface area contributed by atoms with Crippen molar-refractivity contribution >= 4 is 0 Å². The Kier molecular flexibility index (Phi) is 12.0. The molecule has 44 heavy (non-hydrogen) atoms. The fourth-order valence-corrected chi connectivity index (χ4v) is 3.07. The summed E-state index contributed by atoms with van der Waals surface area (Å²) in [5.41, 5.74) is -8.94. The van der Waals surface area contributed by atoms with E-state index in [4.69, 9.17) is 0 Å². The van der Waals surface area contributed by atoms with Gasteiger partial charge in [0.2, 0.25) is 0 Å². The topological polar surface area (TPSA) is 36.9 Å². The van der Waals surface area contributed by atoms with Gasteiger partial charge in [0.25, 0.3) is 0 Å². The number of halogens is 16. The van der Waals surface area contributed by atoms with Crippen molar-refractivity contribution in [3.63, 3.8) is 0 Å². The van der Waals surface area contributed by atoms with Crippen molar-refractivity contribution in [2.45, 2.75) is 141 Å². The van der Waals surface area contributed by atoms with Crippen LogP contribution in [-0.2, 0) is 18.9 Å².